The summed E-state index contributed by atoms with van der Waals surface area (Å²) >= 11 is 7.02. The standard InChI is InChI=1S/C19H14ClN3O3S/c1-21-16(24)11-15-18(26)23(12-7-3-2-4-8-12)19(27-15)22-17(25)13-9-5-6-10-14(13)20/h2-11H,1H3,(H,21,24). The highest BCUT2D eigenvalue weighted by atomic mass is 35.5. The molecule has 0 aliphatic carbocycles. The Morgan fingerprint density at radius 3 is 2.44 bits per heavy atom. The smallest absolute Gasteiger partial charge is 0.280 e. The molecule has 136 valence electrons. The van der Waals surface area contributed by atoms with E-state index in [1.54, 1.807) is 48.5 Å². The quantitative estimate of drug-likeness (QED) is 0.803. The van der Waals surface area contributed by atoms with Crippen molar-refractivity contribution in [2.24, 2.45) is 4.99 Å². The van der Waals surface area contributed by atoms with Crippen LogP contribution in [0.2, 0.25) is 5.02 Å². The number of rotatable bonds is 3. The molecule has 0 bridgehead atoms. The van der Waals surface area contributed by atoms with Crippen molar-refractivity contribution in [3.8, 4) is 0 Å². The van der Waals surface area contributed by atoms with E-state index in [9.17, 15) is 14.4 Å². The van der Waals surface area contributed by atoms with E-state index in [1.165, 1.54) is 18.0 Å². The van der Waals surface area contributed by atoms with Crippen molar-refractivity contribution in [2.45, 2.75) is 0 Å². The van der Waals surface area contributed by atoms with Crippen molar-refractivity contribution < 1.29 is 14.4 Å². The fourth-order valence-electron chi connectivity index (χ4n) is 2.33. The van der Waals surface area contributed by atoms with Gasteiger partial charge in [-0.1, -0.05) is 41.9 Å². The lowest BCUT2D eigenvalue weighted by Crippen LogP contribution is -2.29. The van der Waals surface area contributed by atoms with Gasteiger partial charge in [0.2, 0.25) is 5.91 Å². The first kappa shape index (κ1) is 18.9. The van der Waals surface area contributed by atoms with Crippen LogP contribution in [0.4, 0.5) is 5.69 Å². The van der Waals surface area contributed by atoms with E-state index >= 15 is 0 Å². The number of para-hydroxylation sites is 1. The monoisotopic (exact) mass is 399 g/mol. The third-order valence-electron chi connectivity index (χ3n) is 3.63. The van der Waals surface area contributed by atoms with Crippen LogP contribution in [0.5, 0.6) is 0 Å². The highest BCUT2D eigenvalue weighted by molar-refractivity contribution is 8.19. The van der Waals surface area contributed by atoms with E-state index in [0.717, 1.165) is 11.8 Å². The number of hydrogen-bond donors (Lipinski definition) is 1. The second-order valence-corrected chi connectivity index (χ2v) is 6.80. The van der Waals surface area contributed by atoms with Gasteiger partial charge >= 0.3 is 0 Å². The molecular weight excluding hydrogens is 386 g/mol. The normalized spacial score (nSPS) is 16.8. The Balaban J connectivity index is 2.04. The molecule has 1 N–H and O–H groups in total. The number of anilines is 1. The molecule has 1 aliphatic heterocycles. The summed E-state index contributed by atoms with van der Waals surface area (Å²) in [5, 5.41) is 2.86. The summed E-state index contributed by atoms with van der Waals surface area (Å²) in [4.78, 5) is 42.6. The summed E-state index contributed by atoms with van der Waals surface area (Å²) in [5.74, 6) is -1.42. The number of amidine groups is 1. The van der Waals surface area contributed by atoms with E-state index in [2.05, 4.69) is 10.3 Å². The number of benzene rings is 2. The van der Waals surface area contributed by atoms with E-state index < -0.39 is 17.7 Å². The molecule has 2 aromatic rings. The summed E-state index contributed by atoms with van der Waals surface area (Å²) in [6.07, 6.45) is 1.19. The van der Waals surface area contributed by atoms with E-state index in [-0.39, 0.29) is 20.7 Å². The molecule has 1 aliphatic rings. The molecule has 6 nitrogen and oxygen atoms in total. The maximum Gasteiger partial charge on any atom is 0.280 e. The minimum atomic E-state index is -0.571. The molecule has 0 atom stereocenters. The van der Waals surface area contributed by atoms with Crippen LogP contribution < -0.4 is 10.2 Å². The SMILES string of the molecule is CNC(=O)C=C1SC(=NC(=O)c2ccccc2Cl)N(c2ccccc2)C1=O. The third-order valence-corrected chi connectivity index (χ3v) is 4.93. The van der Waals surface area contributed by atoms with Crippen LogP contribution in [0.3, 0.4) is 0 Å². The molecular formula is C19H14ClN3O3S. The number of aliphatic imine (C=N–C) groups is 1. The van der Waals surface area contributed by atoms with Crippen molar-refractivity contribution in [3.63, 3.8) is 0 Å². The summed E-state index contributed by atoms with van der Waals surface area (Å²) in [6.45, 7) is 0. The Bertz CT molecular complexity index is 973. The average Bonchev–Trinajstić information content (AvgIpc) is 2.97. The zero-order chi connectivity index (χ0) is 19.4. The maximum absolute atomic E-state index is 12.8. The minimum Gasteiger partial charge on any atom is -0.356 e. The Labute approximate surface area is 164 Å². The van der Waals surface area contributed by atoms with Gasteiger partial charge in [-0.15, -0.1) is 0 Å². The van der Waals surface area contributed by atoms with Crippen molar-refractivity contribution >= 4 is 51.9 Å². The molecule has 0 saturated carbocycles. The van der Waals surface area contributed by atoms with Gasteiger partial charge in [0, 0.05) is 13.1 Å². The van der Waals surface area contributed by atoms with Gasteiger partial charge in [-0.05, 0) is 36.0 Å². The van der Waals surface area contributed by atoms with Gasteiger partial charge in [-0.25, -0.2) is 0 Å². The van der Waals surface area contributed by atoms with Crippen molar-refractivity contribution in [3.05, 3.63) is 76.2 Å². The highest BCUT2D eigenvalue weighted by Gasteiger charge is 2.35. The Kier molecular flexibility index (Phi) is 5.73. The predicted molar refractivity (Wildman–Crippen MR) is 107 cm³/mol. The molecule has 2 aromatic carbocycles. The van der Waals surface area contributed by atoms with Gasteiger partial charge in [0.1, 0.15) is 0 Å². The number of hydrogen-bond acceptors (Lipinski definition) is 4. The molecule has 0 radical (unpaired) electrons. The molecule has 0 aromatic heterocycles. The van der Waals surface area contributed by atoms with Crippen molar-refractivity contribution in [2.75, 3.05) is 11.9 Å². The molecule has 27 heavy (non-hydrogen) atoms. The summed E-state index contributed by atoms with van der Waals surface area (Å²) in [5.41, 5.74) is 0.775. The third kappa shape index (κ3) is 4.10. The Morgan fingerprint density at radius 1 is 1.11 bits per heavy atom. The Morgan fingerprint density at radius 2 is 1.78 bits per heavy atom. The maximum atomic E-state index is 12.8. The van der Waals surface area contributed by atoms with Crippen LogP contribution in [0.25, 0.3) is 0 Å². The number of thioether (sulfide) groups is 1. The first-order chi connectivity index (χ1) is 13.0. The molecule has 3 amide bonds. The molecule has 3 rings (SSSR count). The number of halogens is 1. The topological polar surface area (TPSA) is 78.8 Å². The van der Waals surface area contributed by atoms with Gasteiger partial charge in [-0.2, -0.15) is 4.99 Å². The van der Waals surface area contributed by atoms with Crippen LogP contribution in [-0.2, 0) is 9.59 Å². The number of likely N-dealkylation sites (N-methyl/N-ethyl adjacent to an activating group) is 1. The predicted octanol–water partition coefficient (Wildman–Crippen LogP) is 3.25. The summed E-state index contributed by atoms with van der Waals surface area (Å²) in [7, 11) is 1.47. The number of nitrogens with zero attached hydrogens (tertiary/aromatic N) is 2. The highest BCUT2D eigenvalue weighted by Crippen LogP contribution is 2.35. The zero-order valence-electron chi connectivity index (χ0n) is 14.2. The molecule has 1 saturated heterocycles. The van der Waals surface area contributed by atoms with Crippen LogP contribution in [-0.4, -0.2) is 29.9 Å². The summed E-state index contributed by atoms with van der Waals surface area (Å²) < 4.78 is 0. The first-order valence-electron chi connectivity index (χ1n) is 7.89. The summed E-state index contributed by atoms with van der Waals surface area (Å²) in [6, 6.07) is 15.3. The number of nitrogens with one attached hydrogen (secondary N) is 1. The lowest BCUT2D eigenvalue weighted by Gasteiger charge is -2.15. The molecule has 0 unspecified atom stereocenters. The minimum absolute atomic E-state index is 0.159. The van der Waals surface area contributed by atoms with Crippen LogP contribution in [0, 0.1) is 0 Å². The van der Waals surface area contributed by atoms with Gasteiger partial charge in [0.05, 0.1) is 21.2 Å². The van der Waals surface area contributed by atoms with E-state index in [0.29, 0.717) is 5.69 Å². The fraction of sp³-hybridized carbons (Fsp3) is 0.0526. The number of carbonyl (C=O) groups is 3. The van der Waals surface area contributed by atoms with Gasteiger partial charge < -0.3 is 5.32 Å². The number of amides is 3. The van der Waals surface area contributed by atoms with Crippen LogP contribution >= 0.6 is 23.4 Å². The lowest BCUT2D eigenvalue weighted by molar-refractivity contribution is -0.117. The molecule has 0 spiro atoms. The fourth-order valence-corrected chi connectivity index (χ4v) is 3.49. The number of carbonyl (C=O) groups excluding carboxylic acids is 3. The largest absolute Gasteiger partial charge is 0.356 e. The second kappa shape index (κ2) is 8.20. The first-order valence-corrected chi connectivity index (χ1v) is 9.09. The van der Waals surface area contributed by atoms with E-state index in [4.69, 9.17) is 11.6 Å². The van der Waals surface area contributed by atoms with Crippen LogP contribution in [0.1, 0.15) is 10.4 Å². The molecule has 8 heteroatoms. The van der Waals surface area contributed by atoms with Gasteiger partial charge in [-0.3, -0.25) is 19.3 Å². The van der Waals surface area contributed by atoms with Crippen molar-refractivity contribution in [1.82, 2.24) is 5.32 Å². The molecule has 1 fully saturated rings. The van der Waals surface area contributed by atoms with Gasteiger partial charge in [0.15, 0.2) is 5.17 Å². The van der Waals surface area contributed by atoms with Gasteiger partial charge in [0.25, 0.3) is 11.8 Å². The lowest BCUT2D eigenvalue weighted by atomic mass is 10.2. The van der Waals surface area contributed by atoms with Crippen molar-refractivity contribution in [1.29, 1.82) is 0 Å². The molecule has 1 heterocycles. The van der Waals surface area contributed by atoms with E-state index in [1.807, 2.05) is 6.07 Å². The van der Waals surface area contributed by atoms with Crippen LogP contribution in [0.15, 0.2) is 70.6 Å². The Hall–Kier alpha value is -2.90. The average molecular weight is 400 g/mol. The zero-order valence-corrected chi connectivity index (χ0v) is 15.8. The second-order valence-electron chi connectivity index (χ2n) is 5.38.